The van der Waals surface area contributed by atoms with Crippen molar-refractivity contribution in [1.29, 1.82) is 5.26 Å². The summed E-state index contributed by atoms with van der Waals surface area (Å²) < 4.78 is 7.58. The molecule has 0 radical (unpaired) electrons. The fourth-order valence-corrected chi connectivity index (χ4v) is 4.65. The second kappa shape index (κ2) is 10.7. The van der Waals surface area contributed by atoms with E-state index in [1.165, 1.54) is 4.57 Å². The van der Waals surface area contributed by atoms with Crippen molar-refractivity contribution in [3.05, 3.63) is 110 Å². The summed E-state index contributed by atoms with van der Waals surface area (Å²) in [6.45, 7) is 4.40. The molecule has 4 aromatic rings. The lowest BCUT2D eigenvalue weighted by Gasteiger charge is -2.06. The van der Waals surface area contributed by atoms with Crippen LogP contribution in [0.25, 0.3) is 17.3 Å². The van der Waals surface area contributed by atoms with Gasteiger partial charge in [0.05, 0.1) is 16.8 Å². The summed E-state index contributed by atoms with van der Waals surface area (Å²) in [7, 11) is 0. The molecule has 0 saturated heterocycles. The lowest BCUT2D eigenvalue weighted by atomic mass is 10.2. The number of nitrogens with zero attached hydrogens (tertiary/aromatic N) is 2. The van der Waals surface area contributed by atoms with Gasteiger partial charge in [-0.05, 0) is 67.4 Å². The minimum atomic E-state index is -0.573. The molecule has 7 heteroatoms. The number of aryl methyl sites for hydroxylation is 1. The number of amides is 1. The van der Waals surface area contributed by atoms with Crippen molar-refractivity contribution in [2.24, 2.45) is 0 Å². The lowest BCUT2D eigenvalue weighted by Crippen LogP contribution is -2.32. The van der Waals surface area contributed by atoms with Gasteiger partial charge in [0, 0.05) is 5.69 Å². The number of nitrogens with one attached hydrogen (secondary N) is 1. The summed E-state index contributed by atoms with van der Waals surface area (Å²) in [5, 5.41) is 12.7. The Bertz CT molecular complexity index is 1580. The van der Waals surface area contributed by atoms with Gasteiger partial charge in [0.15, 0.2) is 5.57 Å². The topological polar surface area (TPSA) is 84.1 Å². The van der Waals surface area contributed by atoms with Crippen molar-refractivity contribution in [1.82, 2.24) is 4.57 Å². The molecular weight excluding hydrogens is 458 g/mol. The Balaban J connectivity index is 1.89. The summed E-state index contributed by atoms with van der Waals surface area (Å²) >= 11 is 1.11. The van der Waals surface area contributed by atoms with Gasteiger partial charge in [-0.1, -0.05) is 42.5 Å². The summed E-state index contributed by atoms with van der Waals surface area (Å²) in [5.41, 5.74) is 2.50. The molecule has 1 heterocycles. The number of para-hydroxylation sites is 1. The molecule has 174 valence electrons. The third-order valence-electron chi connectivity index (χ3n) is 5.16. The molecule has 0 unspecified atom stereocenters. The first-order valence-corrected chi connectivity index (χ1v) is 11.9. The number of aromatic nitrogens is 1. The predicted octanol–water partition coefficient (Wildman–Crippen LogP) is 3.75. The fraction of sp³-hybridized carbons (Fsp3) is 0.107. The first-order chi connectivity index (χ1) is 17.0. The van der Waals surface area contributed by atoms with Gasteiger partial charge in [0.2, 0.25) is 0 Å². The van der Waals surface area contributed by atoms with Crippen LogP contribution in [0.15, 0.2) is 83.7 Å². The third-order valence-corrected chi connectivity index (χ3v) is 6.25. The Labute approximate surface area is 206 Å². The minimum Gasteiger partial charge on any atom is -0.494 e. The molecule has 3 aromatic carbocycles. The normalized spacial score (nSPS) is 12.1. The van der Waals surface area contributed by atoms with Gasteiger partial charge in [-0.3, -0.25) is 14.2 Å². The fourth-order valence-electron chi connectivity index (χ4n) is 3.55. The molecule has 0 aliphatic rings. The zero-order valence-corrected chi connectivity index (χ0v) is 20.1. The number of nitriles is 1. The molecule has 0 saturated carbocycles. The van der Waals surface area contributed by atoms with Gasteiger partial charge in [-0.15, -0.1) is 11.3 Å². The average Bonchev–Trinajstić information content (AvgIpc) is 3.17. The number of rotatable bonds is 6. The molecule has 0 bridgehead atoms. The average molecular weight is 482 g/mol. The third kappa shape index (κ3) is 5.40. The Morgan fingerprint density at radius 1 is 1.09 bits per heavy atom. The Hall–Kier alpha value is -4.41. The Kier molecular flexibility index (Phi) is 7.24. The SMILES string of the molecule is CCOc1ccc(C=c2sc(=C(C#N)C(=O)Nc3cccc(C)c3)n(-c3ccccc3)c2=O)cc1. The predicted molar refractivity (Wildman–Crippen MR) is 139 cm³/mol. The Morgan fingerprint density at radius 3 is 2.49 bits per heavy atom. The van der Waals surface area contributed by atoms with Gasteiger partial charge in [0.1, 0.15) is 16.5 Å². The van der Waals surface area contributed by atoms with Crippen LogP contribution in [0.4, 0.5) is 5.69 Å². The summed E-state index contributed by atoms with van der Waals surface area (Å²) in [4.78, 5) is 26.6. The minimum absolute atomic E-state index is 0.135. The maximum Gasteiger partial charge on any atom is 0.273 e. The highest BCUT2D eigenvalue weighted by Gasteiger charge is 2.17. The van der Waals surface area contributed by atoms with E-state index in [4.69, 9.17) is 4.74 Å². The van der Waals surface area contributed by atoms with Crippen LogP contribution in [-0.4, -0.2) is 17.1 Å². The van der Waals surface area contributed by atoms with E-state index in [0.717, 1.165) is 28.2 Å². The number of ether oxygens (including phenoxy) is 1. The molecule has 1 amide bonds. The number of anilines is 1. The quantitative estimate of drug-likeness (QED) is 0.455. The van der Waals surface area contributed by atoms with Gasteiger partial charge >= 0.3 is 0 Å². The molecule has 0 fully saturated rings. The van der Waals surface area contributed by atoms with E-state index in [1.54, 1.807) is 36.4 Å². The van der Waals surface area contributed by atoms with Crippen LogP contribution in [0.5, 0.6) is 5.75 Å². The summed E-state index contributed by atoms with van der Waals surface area (Å²) in [6, 6.07) is 25.7. The van der Waals surface area contributed by atoms with Crippen molar-refractivity contribution in [3.8, 4) is 17.5 Å². The summed E-state index contributed by atoms with van der Waals surface area (Å²) in [6.07, 6.45) is 1.75. The van der Waals surface area contributed by atoms with Crippen molar-refractivity contribution in [3.63, 3.8) is 0 Å². The summed E-state index contributed by atoms with van der Waals surface area (Å²) in [5.74, 6) is 0.169. The highest BCUT2D eigenvalue weighted by Crippen LogP contribution is 2.13. The molecule has 0 atom stereocenters. The van der Waals surface area contributed by atoms with E-state index in [-0.39, 0.29) is 15.8 Å². The molecule has 0 aliphatic carbocycles. The zero-order chi connectivity index (χ0) is 24.8. The zero-order valence-electron chi connectivity index (χ0n) is 19.3. The van der Waals surface area contributed by atoms with Crippen molar-refractivity contribution in [2.45, 2.75) is 13.8 Å². The molecule has 4 rings (SSSR count). The molecule has 35 heavy (non-hydrogen) atoms. The molecule has 6 nitrogen and oxygen atoms in total. The number of thiazole rings is 1. The van der Waals surface area contributed by atoms with E-state index in [0.29, 0.717) is 22.5 Å². The highest BCUT2D eigenvalue weighted by atomic mass is 32.1. The second-order valence-corrected chi connectivity index (χ2v) is 8.74. The van der Waals surface area contributed by atoms with E-state index in [1.807, 2.05) is 68.4 Å². The van der Waals surface area contributed by atoms with Crippen LogP contribution in [0, 0.1) is 18.3 Å². The van der Waals surface area contributed by atoms with E-state index >= 15 is 0 Å². The first kappa shape index (κ1) is 23.7. The maximum atomic E-state index is 13.5. The molecule has 1 N–H and O–H groups in total. The van der Waals surface area contributed by atoms with Crippen molar-refractivity contribution >= 4 is 34.6 Å². The number of hydrogen-bond acceptors (Lipinski definition) is 5. The highest BCUT2D eigenvalue weighted by molar-refractivity contribution is 7.07. The molecule has 0 spiro atoms. The first-order valence-electron chi connectivity index (χ1n) is 11.0. The molecule has 1 aromatic heterocycles. The van der Waals surface area contributed by atoms with Gasteiger partial charge < -0.3 is 10.1 Å². The Morgan fingerprint density at radius 2 is 1.83 bits per heavy atom. The monoisotopic (exact) mass is 481 g/mol. The van der Waals surface area contributed by atoms with E-state index in [9.17, 15) is 14.9 Å². The number of hydrogen-bond donors (Lipinski definition) is 1. The van der Waals surface area contributed by atoms with Crippen LogP contribution < -0.4 is 24.8 Å². The van der Waals surface area contributed by atoms with Crippen molar-refractivity contribution in [2.75, 3.05) is 11.9 Å². The van der Waals surface area contributed by atoms with Gasteiger partial charge in [-0.2, -0.15) is 5.26 Å². The number of carbonyl (C=O) groups excluding carboxylic acids is 1. The van der Waals surface area contributed by atoms with Crippen LogP contribution in [-0.2, 0) is 4.79 Å². The van der Waals surface area contributed by atoms with Crippen LogP contribution in [0.2, 0.25) is 0 Å². The van der Waals surface area contributed by atoms with Crippen molar-refractivity contribution < 1.29 is 9.53 Å². The standard InChI is InChI=1S/C28H23N3O3S/c1-3-34-23-14-12-20(13-15-23)17-25-27(33)31(22-10-5-4-6-11-22)28(35-25)24(18-29)26(32)30-21-9-7-8-19(2)16-21/h4-17H,3H2,1-2H3,(H,30,32). The number of carbonyl (C=O) groups is 1. The lowest BCUT2D eigenvalue weighted by molar-refractivity contribution is -0.111. The second-order valence-electron chi connectivity index (χ2n) is 7.70. The van der Waals surface area contributed by atoms with E-state index in [2.05, 4.69) is 5.32 Å². The van der Waals surface area contributed by atoms with Crippen LogP contribution >= 0.6 is 11.3 Å². The van der Waals surface area contributed by atoms with Crippen LogP contribution in [0.1, 0.15) is 18.1 Å². The molecular formula is C28H23N3O3S. The number of benzene rings is 3. The largest absolute Gasteiger partial charge is 0.494 e. The smallest absolute Gasteiger partial charge is 0.273 e. The van der Waals surface area contributed by atoms with Crippen LogP contribution in [0.3, 0.4) is 0 Å². The molecule has 0 aliphatic heterocycles. The van der Waals surface area contributed by atoms with Gasteiger partial charge in [0.25, 0.3) is 11.5 Å². The van der Waals surface area contributed by atoms with Gasteiger partial charge in [-0.25, -0.2) is 0 Å². The maximum absolute atomic E-state index is 13.5. The van der Waals surface area contributed by atoms with E-state index < -0.39 is 5.91 Å².